The van der Waals surface area contributed by atoms with Crippen LogP contribution in [0.1, 0.15) is 25.3 Å². The second-order valence-electron chi connectivity index (χ2n) is 4.48. The number of aromatic hydroxyl groups is 2. The van der Waals surface area contributed by atoms with Gasteiger partial charge in [0.2, 0.25) is 0 Å². The van der Waals surface area contributed by atoms with Crippen molar-refractivity contribution in [1.82, 2.24) is 5.32 Å². The number of hydrogen-bond donors (Lipinski definition) is 3. The van der Waals surface area contributed by atoms with Crippen molar-refractivity contribution in [3.8, 4) is 11.5 Å². The Bertz CT molecular complexity index is 345. The molecule has 0 saturated heterocycles. The van der Waals surface area contributed by atoms with E-state index in [0.29, 0.717) is 6.04 Å². The van der Waals surface area contributed by atoms with E-state index in [1.54, 1.807) is 6.07 Å². The van der Waals surface area contributed by atoms with Gasteiger partial charge in [-0.15, -0.1) is 0 Å². The minimum absolute atomic E-state index is 0.0451. The van der Waals surface area contributed by atoms with Gasteiger partial charge in [-0.2, -0.15) is 0 Å². The third-order valence-corrected chi connectivity index (χ3v) is 3.01. The molecule has 0 amide bonds. The van der Waals surface area contributed by atoms with Crippen molar-refractivity contribution in [3.05, 3.63) is 23.8 Å². The Labute approximate surface area is 89.8 Å². The van der Waals surface area contributed by atoms with Gasteiger partial charge in [0.15, 0.2) is 11.5 Å². The fraction of sp³-hybridized carbons (Fsp3) is 0.500. The summed E-state index contributed by atoms with van der Waals surface area (Å²) in [5, 5.41) is 21.9. The molecule has 3 heteroatoms. The van der Waals surface area contributed by atoms with Gasteiger partial charge in [0.05, 0.1) is 0 Å². The predicted molar refractivity (Wildman–Crippen MR) is 58.8 cm³/mol. The lowest BCUT2D eigenvalue weighted by Gasteiger charge is -2.33. The molecule has 15 heavy (non-hydrogen) atoms. The third-order valence-electron chi connectivity index (χ3n) is 3.01. The second kappa shape index (κ2) is 4.11. The van der Waals surface area contributed by atoms with E-state index in [2.05, 4.69) is 12.2 Å². The van der Waals surface area contributed by atoms with Crippen molar-refractivity contribution in [1.29, 1.82) is 0 Å². The van der Waals surface area contributed by atoms with Gasteiger partial charge >= 0.3 is 0 Å². The summed E-state index contributed by atoms with van der Waals surface area (Å²) in [5.74, 6) is 0.739. The van der Waals surface area contributed by atoms with Crippen molar-refractivity contribution < 1.29 is 10.2 Å². The van der Waals surface area contributed by atoms with E-state index in [1.807, 2.05) is 6.07 Å². The Hall–Kier alpha value is -1.22. The molecule has 3 N–H and O–H groups in total. The quantitative estimate of drug-likeness (QED) is 0.664. The van der Waals surface area contributed by atoms with Crippen LogP contribution in [0, 0.1) is 5.92 Å². The Balaban J connectivity index is 1.86. The number of phenols is 2. The average Bonchev–Trinajstić information content (AvgIpc) is 2.16. The third kappa shape index (κ3) is 2.42. The van der Waals surface area contributed by atoms with Crippen LogP contribution in [0.15, 0.2) is 18.2 Å². The molecule has 1 aliphatic rings. The molecule has 0 aliphatic heterocycles. The molecule has 0 spiro atoms. The molecule has 0 atom stereocenters. The second-order valence-corrected chi connectivity index (χ2v) is 4.48. The van der Waals surface area contributed by atoms with Crippen LogP contribution in [0.4, 0.5) is 0 Å². The molecule has 1 saturated carbocycles. The number of rotatable bonds is 3. The Morgan fingerprint density at radius 1 is 1.27 bits per heavy atom. The summed E-state index contributed by atoms with van der Waals surface area (Å²) in [6.07, 6.45) is 2.48. The predicted octanol–water partition coefficient (Wildman–Crippen LogP) is 1.99. The molecule has 2 rings (SSSR count). The van der Waals surface area contributed by atoms with E-state index in [0.717, 1.165) is 18.0 Å². The van der Waals surface area contributed by atoms with E-state index >= 15 is 0 Å². The van der Waals surface area contributed by atoms with E-state index < -0.39 is 0 Å². The van der Waals surface area contributed by atoms with Crippen molar-refractivity contribution >= 4 is 0 Å². The van der Waals surface area contributed by atoms with Crippen LogP contribution in [-0.2, 0) is 6.54 Å². The van der Waals surface area contributed by atoms with Gasteiger partial charge in [-0.3, -0.25) is 0 Å². The number of phenolic OH excluding ortho intramolecular Hbond substituents is 2. The highest BCUT2D eigenvalue weighted by atomic mass is 16.3. The van der Waals surface area contributed by atoms with Crippen LogP contribution in [0.5, 0.6) is 11.5 Å². The molecule has 1 aromatic carbocycles. The first-order valence-corrected chi connectivity index (χ1v) is 5.39. The van der Waals surface area contributed by atoms with Gasteiger partial charge in [-0.1, -0.05) is 13.0 Å². The smallest absolute Gasteiger partial charge is 0.157 e. The number of nitrogens with one attached hydrogen (secondary N) is 1. The first kappa shape index (κ1) is 10.3. The zero-order valence-electron chi connectivity index (χ0n) is 8.90. The fourth-order valence-electron chi connectivity index (χ4n) is 2.01. The molecule has 1 fully saturated rings. The zero-order valence-corrected chi connectivity index (χ0v) is 8.90. The van der Waals surface area contributed by atoms with Crippen LogP contribution < -0.4 is 5.32 Å². The summed E-state index contributed by atoms with van der Waals surface area (Å²) in [7, 11) is 0. The van der Waals surface area contributed by atoms with Crippen molar-refractivity contribution in [2.24, 2.45) is 5.92 Å². The molecule has 1 aromatic rings. The maximum absolute atomic E-state index is 9.30. The first-order valence-electron chi connectivity index (χ1n) is 5.39. The summed E-state index contributed by atoms with van der Waals surface area (Å²) >= 11 is 0. The maximum Gasteiger partial charge on any atom is 0.157 e. The van der Waals surface area contributed by atoms with E-state index in [1.165, 1.54) is 18.9 Å². The van der Waals surface area contributed by atoms with Gasteiger partial charge in [-0.25, -0.2) is 0 Å². The van der Waals surface area contributed by atoms with Crippen LogP contribution in [0.25, 0.3) is 0 Å². The summed E-state index contributed by atoms with van der Waals surface area (Å²) < 4.78 is 0. The zero-order chi connectivity index (χ0) is 10.8. The Morgan fingerprint density at radius 2 is 2.00 bits per heavy atom. The topological polar surface area (TPSA) is 52.5 Å². The van der Waals surface area contributed by atoms with Gasteiger partial charge < -0.3 is 15.5 Å². The van der Waals surface area contributed by atoms with Crippen molar-refractivity contribution in [2.75, 3.05) is 0 Å². The average molecular weight is 207 g/mol. The fourth-order valence-corrected chi connectivity index (χ4v) is 2.01. The summed E-state index contributed by atoms with van der Waals surface area (Å²) in [4.78, 5) is 0. The standard InChI is InChI=1S/C12H17NO2/c1-8-4-10(5-8)13-7-9-2-3-11(14)12(15)6-9/h2-3,6,8,10,13-15H,4-5,7H2,1H3. The molecule has 0 aromatic heterocycles. The molecule has 0 bridgehead atoms. The Morgan fingerprint density at radius 3 is 2.60 bits per heavy atom. The van der Waals surface area contributed by atoms with Crippen LogP contribution in [0.2, 0.25) is 0 Å². The molecule has 82 valence electrons. The normalized spacial score (nSPS) is 24.9. The molecular weight excluding hydrogens is 190 g/mol. The lowest BCUT2D eigenvalue weighted by atomic mass is 9.82. The Kier molecular flexibility index (Phi) is 2.82. The van der Waals surface area contributed by atoms with Crippen LogP contribution >= 0.6 is 0 Å². The first-order chi connectivity index (χ1) is 7.15. The number of hydrogen-bond acceptors (Lipinski definition) is 3. The maximum atomic E-state index is 9.30. The molecular formula is C12H17NO2. The lowest BCUT2D eigenvalue weighted by Crippen LogP contribution is -2.39. The summed E-state index contributed by atoms with van der Waals surface area (Å²) in [6, 6.07) is 5.57. The monoisotopic (exact) mass is 207 g/mol. The van der Waals surface area contributed by atoms with Gasteiger partial charge in [0.1, 0.15) is 0 Å². The minimum Gasteiger partial charge on any atom is -0.504 e. The van der Waals surface area contributed by atoms with Crippen LogP contribution in [-0.4, -0.2) is 16.3 Å². The largest absolute Gasteiger partial charge is 0.504 e. The van der Waals surface area contributed by atoms with Crippen LogP contribution in [0.3, 0.4) is 0 Å². The van der Waals surface area contributed by atoms with Gasteiger partial charge in [0.25, 0.3) is 0 Å². The highest BCUT2D eigenvalue weighted by molar-refractivity contribution is 5.40. The SMILES string of the molecule is CC1CC(NCc2ccc(O)c(O)c2)C1. The molecule has 0 heterocycles. The van der Waals surface area contributed by atoms with E-state index in [4.69, 9.17) is 5.11 Å². The summed E-state index contributed by atoms with van der Waals surface area (Å²) in [6.45, 7) is 3.01. The molecule has 1 aliphatic carbocycles. The number of benzene rings is 1. The van der Waals surface area contributed by atoms with Gasteiger partial charge in [0, 0.05) is 12.6 Å². The highest BCUT2D eigenvalue weighted by Gasteiger charge is 2.24. The van der Waals surface area contributed by atoms with Crippen molar-refractivity contribution in [2.45, 2.75) is 32.4 Å². The summed E-state index contributed by atoms with van der Waals surface area (Å²) in [5.41, 5.74) is 1.00. The van der Waals surface area contributed by atoms with Gasteiger partial charge in [-0.05, 0) is 36.5 Å². The molecule has 0 unspecified atom stereocenters. The molecule has 0 radical (unpaired) electrons. The lowest BCUT2D eigenvalue weighted by molar-refractivity contribution is 0.240. The molecule has 3 nitrogen and oxygen atoms in total. The highest BCUT2D eigenvalue weighted by Crippen LogP contribution is 2.28. The van der Waals surface area contributed by atoms with E-state index in [-0.39, 0.29) is 11.5 Å². The van der Waals surface area contributed by atoms with E-state index in [9.17, 15) is 5.11 Å². The minimum atomic E-state index is -0.0592. The van der Waals surface area contributed by atoms with Crippen molar-refractivity contribution in [3.63, 3.8) is 0 Å².